The summed E-state index contributed by atoms with van der Waals surface area (Å²) in [6, 6.07) is 3.57. The number of piperazine rings is 1. The summed E-state index contributed by atoms with van der Waals surface area (Å²) in [7, 11) is 0. The van der Waals surface area contributed by atoms with Crippen LogP contribution in [-0.4, -0.2) is 59.0 Å². The third-order valence-corrected chi connectivity index (χ3v) is 3.61. The Morgan fingerprint density at radius 2 is 1.87 bits per heavy atom. The van der Waals surface area contributed by atoms with Gasteiger partial charge in [0.1, 0.15) is 0 Å². The zero-order chi connectivity index (χ0) is 16.8. The van der Waals surface area contributed by atoms with Crippen LogP contribution in [0, 0.1) is 0 Å². The SMILES string of the molecule is CC(=O)N1CCN(C(=O)NCc2ccc(OC(C)C)nc2)CC1. The van der Waals surface area contributed by atoms with E-state index in [0.29, 0.717) is 38.6 Å². The summed E-state index contributed by atoms with van der Waals surface area (Å²) >= 11 is 0. The Kier molecular flexibility index (Phi) is 5.78. The zero-order valence-electron chi connectivity index (χ0n) is 13.9. The molecule has 126 valence electrons. The maximum atomic E-state index is 12.1. The van der Waals surface area contributed by atoms with Gasteiger partial charge in [-0.25, -0.2) is 9.78 Å². The lowest BCUT2D eigenvalue weighted by atomic mass is 10.3. The fourth-order valence-electron chi connectivity index (χ4n) is 2.34. The average molecular weight is 320 g/mol. The summed E-state index contributed by atoms with van der Waals surface area (Å²) in [6.07, 6.45) is 1.79. The number of carbonyl (C=O) groups is 2. The van der Waals surface area contributed by atoms with Crippen molar-refractivity contribution >= 4 is 11.9 Å². The van der Waals surface area contributed by atoms with Crippen LogP contribution in [0.2, 0.25) is 0 Å². The molecule has 1 saturated heterocycles. The number of pyridine rings is 1. The molecule has 1 fully saturated rings. The Morgan fingerprint density at radius 3 is 2.39 bits per heavy atom. The van der Waals surface area contributed by atoms with E-state index < -0.39 is 0 Å². The van der Waals surface area contributed by atoms with Crippen LogP contribution in [0.3, 0.4) is 0 Å². The molecule has 2 rings (SSSR count). The van der Waals surface area contributed by atoms with Gasteiger partial charge in [0.15, 0.2) is 0 Å². The van der Waals surface area contributed by atoms with Gasteiger partial charge in [-0.2, -0.15) is 0 Å². The van der Waals surface area contributed by atoms with Gasteiger partial charge in [-0.3, -0.25) is 4.79 Å². The van der Waals surface area contributed by atoms with Crippen molar-refractivity contribution in [2.45, 2.75) is 33.4 Å². The molecule has 1 N–H and O–H groups in total. The number of rotatable bonds is 4. The van der Waals surface area contributed by atoms with Crippen LogP contribution >= 0.6 is 0 Å². The fourth-order valence-corrected chi connectivity index (χ4v) is 2.34. The first-order valence-corrected chi connectivity index (χ1v) is 7.85. The van der Waals surface area contributed by atoms with Gasteiger partial charge < -0.3 is 19.9 Å². The lowest BCUT2D eigenvalue weighted by Crippen LogP contribution is -2.52. The Labute approximate surface area is 136 Å². The van der Waals surface area contributed by atoms with Crippen LogP contribution in [0.4, 0.5) is 4.79 Å². The summed E-state index contributed by atoms with van der Waals surface area (Å²) < 4.78 is 5.48. The predicted molar refractivity (Wildman–Crippen MR) is 86.1 cm³/mol. The highest BCUT2D eigenvalue weighted by atomic mass is 16.5. The molecule has 2 heterocycles. The van der Waals surface area contributed by atoms with E-state index in [1.165, 1.54) is 0 Å². The standard InChI is InChI=1S/C16H24N4O3/c1-12(2)23-15-5-4-14(10-17-15)11-18-16(22)20-8-6-19(7-9-20)13(3)21/h4-5,10,12H,6-9,11H2,1-3H3,(H,18,22). The molecule has 7 nitrogen and oxygen atoms in total. The average Bonchev–Trinajstić information content (AvgIpc) is 2.53. The minimum atomic E-state index is -0.115. The number of nitrogens with one attached hydrogen (secondary N) is 1. The van der Waals surface area contributed by atoms with Gasteiger partial charge in [0.05, 0.1) is 6.10 Å². The highest BCUT2D eigenvalue weighted by Crippen LogP contribution is 2.09. The Bertz CT molecular complexity index is 537. The van der Waals surface area contributed by atoms with E-state index in [1.807, 2.05) is 19.9 Å². The van der Waals surface area contributed by atoms with Crippen molar-refractivity contribution in [2.24, 2.45) is 0 Å². The number of amides is 3. The first-order valence-electron chi connectivity index (χ1n) is 7.85. The molecule has 0 unspecified atom stereocenters. The molecule has 0 atom stereocenters. The van der Waals surface area contributed by atoms with Crippen molar-refractivity contribution in [3.05, 3.63) is 23.9 Å². The fraction of sp³-hybridized carbons (Fsp3) is 0.562. The van der Waals surface area contributed by atoms with Gasteiger partial charge in [-0.1, -0.05) is 6.07 Å². The van der Waals surface area contributed by atoms with Crippen LogP contribution in [-0.2, 0) is 11.3 Å². The molecule has 3 amide bonds. The normalized spacial score (nSPS) is 14.8. The van der Waals surface area contributed by atoms with E-state index in [0.717, 1.165) is 5.56 Å². The van der Waals surface area contributed by atoms with Crippen molar-refractivity contribution < 1.29 is 14.3 Å². The molecule has 7 heteroatoms. The lowest BCUT2D eigenvalue weighted by molar-refractivity contribution is -0.130. The van der Waals surface area contributed by atoms with Crippen LogP contribution < -0.4 is 10.1 Å². The molecule has 1 aromatic heterocycles. The van der Waals surface area contributed by atoms with Crippen molar-refractivity contribution in [1.82, 2.24) is 20.1 Å². The summed E-state index contributed by atoms with van der Waals surface area (Å²) in [5.41, 5.74) is 0.914. The molecule has 1 aromatic rings. The first kappa shape index (κ1) is 17.1. The van der Waals surface area contributed by atoms with Crippen LogP contribution in [0.5, 0.6) is 5.88 Å². The molecule has 0 aromatic carbocycles. The number of ether oxygens (including phenoxy) is 1. The van der Waals surface area contributed by atoms with E-state index in [1.54, 1.807) is 29.0 Å². The molecule has 1 aliphatic rings. The molecule has 0 spiro atoms. The third-order valence-electron chi connectivity index (χ3n) is 3.61. The predicted octanol–water partition coefficient (Wildman–Crippen LogP) is 1.24. The number of carbonyl (C=O) groups excluding carboxylic acids is 2. The smallest absolute Gasteiger partial charge is 0.317 e. The quantitative estimate of drug-likeness (QED) is 0.906. The number of hydrogen-bond donors (Lipinski definition) is 1. The van der Waals surface area contributed by atoms with E-state index in [4.69, 9.17) is 4.74 Å². The molecule has 0 radical (unpaired) electrons. The van der Waals surface area contributed by atoms with Gasteiger partial charge in [0.2, 0.25) is 11.8 Å². The monoisotopic (exact) mass is 320 g/mol. The number of urea groups is 1. The van der Waals surface area contributed by atoms with Crippen molar-refractivity contribution in [1.29, 1.82) is 0 Å². The summed E-state index contributed by atoms with van der Waals surface area (Å²) in [5.74, 6) is 0.635. The second-order valence-electron chi connectivity index (χ2n) is 5.82. The molecular weight excluding hydrogens is 296 g/mol. The number of aromatic nitrogens is 1. The van der Waals surface area contributed by atoms with Crippen molar-refractivity contribution in [3.8, 4) is 5.88 Å². The van der Waals surface area contributed by atoms with Crippen molar-refractivity contribution in [2.75, 3.05) is 26.2 Å². The summed E-state index contributed by atoms with van der Waals surface area (Å²) in [5, 5.41) is 2.88. The Hall–Kier alpha value is -2.31. The van der Waals surface area contributed by atoms with Crippen LogP contribution in [0.1, 0.15) is 26.3 Å². The molecule has 0 saturated carbocycles. The second kappa shape index (κ2) is 7.80. The zero-order valence-corrected chi connectivity index (χ0v) is 13.9. The maximum Gasteiger partial charge on any atom is 0.317 e. The molecule has 0 bridgehead atoms. The molecular formula is C16H24N4O3. The molecule has 1 aliphatic heterocycles. The van der Waals surface area contributed by atoms with Gasteiger partial charge >= 0.3 is 6.03 Å². The summed E-state index contributed by atoms with van der Waals surface area (Å²) in [6.45, 7) is 8.16. The second-order valence-corrected chi connectivity index (χ2v) is 5.82. The lowest BCUT2D eigenvalue weighted by Gasteiger charge is -2.34. The van der Waals surface area contributed by atoms with Gasteiger partial charge in [-0.15, -0.1) is 0 Å². The van der Waals surface area contributed by atoms with Crippen LogP contribution in [0.15, 0.2) is 18.3 Å². The largest absolute Gasteiger partial charge is 0.475 e. The van der Waals surface area contributed by atoms with E-state index >= 15 is 0 Å². The van der Waals surface area contributed by atoms with E-state index in [9.17, 15) is 9.59 Å². The minimum Gasteiger partial charge on any atom is -0.475 e. The topological polar surface area (TPSA) is 74.8 Å². The van der Waals surface area contributed by atoms with Gasteiger partial charge in [-0.05, 0) is 19.4 Å². The van der Waals surface area contributed by atoms with Crippen LogP contribution in [0.25, 0.3) is 0 Å². The van der Waals surface area contributed by atoms with Crippen molar-refractivity contribution in [3.63, 3.8) is 0 Å². The Balaban J connectivity index is 1.77. The minimum absolute atomic E-state index is 0.0554. The number of nitrogens with zero attached hydrogens (tertiary/aromatic N) is 3. The number of hydrogen-bond acceptors (Lipinski definition) is 4. The molecule has 0 aliphatic carbocycles. The van der Waals surface area contributed by atoms with E-state index in [2.05, 4.69) is 10.3 Å². The van der Waals surface area contributed by atoms with Gasteiger partial charge in [0.25, 0.3) is 0 Å². The first-order chi connectivity index (χ1) is 11.0. The maximum absolute atomic E-state index is 12.1. The third kappa shape index (κ3) is 5.12. The molecule has 23 heavy (non-hydrogen) atoms. The summed E-state index contributed by atoms with van der Waals surface area (Å²) in [4.78, 5) is 31.1. The Morgan fingerprint density at radius 1 is 1.22 bits per heavy atom. The van der Waals surface area contributed by atoms with E-state index in [-0.39, 0.29) is 18.0 Å². The van der Waals surface area contributed by atoms with Gasteiger partial charge in [0, 0.05) is 51.9 Å². The highest BCUT2D eigenvalue weighted by molar-refractivity contribution is 5.76. The highest BCUT2D eigenvalue weighted by Gasteiger charge is 2.21.